The van der Waals surface area contributed by atoms with Gasteiger partial charge in [0.2, 0.25) is 11.8 Å². The van der Waals surface area contributed by atoms with E-state index in [1.54, 1.807) is 31.4 Å². The number of methoxy groups -OCH3 is 1. The van der Waals surface area contributed by atoms with Crippen molar-refractivity contribution in [1.29, 1.82) is 0 Å². The first kappa shape index (κ1) is 18.4. The first-order valence-corrected chi connectivity index (χ1v) is 7.55. The first-order chi connectivity index (χ1) is 12.0. The molecule has 0 saturated carbocycles. The molecule has 7 heteroatoms. The number of carbonyl (C=O) groups is 2. The van der Waals surface area contributed by atoms with Gasteiger partial charge in [-0.05, 0) is 23.8 Å². The van der Waals surface area contributed by atoms with Gasteiger partial charge in [0.05, 0.1) is 13.7 Å². The molecule has 0 heterocycles. The van der Waals surface area contributed by atoms with Crippen LogP contribution in [-0.4, -0.2) is 25.5 Å². The molecule has 0 aromatic heterocycles. The summed E-state index contributed by atoms with van der Waals surface area (Å²) in [6, 6.07) is 11.6. The second-order valence-electron chi connectivity index (χ2n) is 5.27. The van der Waals surface area contributed by atoms with Gasteiger partial charge in [-0.3, -0.25) is 9.59 Å². The summed E-state index contributed by atoms with van der Waals surface area (Å²) >= 11 is 0. The third-order valence-corrected chi connectivity index (χ3v) is 3.44. The Morgan fingerprint density at radius 3 is 2.64 bits per heavy atom. The molecule has 1 atom stereocenters. The van der Waals surface area contributed by atoms with Crippen LogP contribution in [0.5, 0.6) is 5.75 Å². The van der Waals surface area contributed by atoms with Crippen molar-refractivity contribution in [3.8, 4) is 5.75 Å². The molecule has 2 amide bonds. The summed E-state index contributed by atoms with van der Waals surface area (Å²) in [4.78, 5) is 23.5. The van der Waals surface area contributed by atoms with E-state index in [2.05, 4.69) is 5.32 Å². The molecular weight excluding hydrogens is 327 g/mol. The molecule has 2 rings (SSSR count). The first-order valence-electron chi connectivity index (χ1n) is 7.55. The van der Waals surface area contributed by atoms with E-state index in [4.69, 9.17) is 15.2 Å². The molecule has 0 aliphatic rings. The number of ether oxygens (including phenoxy) is 2. The van der Waals surface area contributed by atoms with E-state index >= 15 is 0 Å². The van der Waals surface area contributed by atoms with Gasteiger partial charge in [-0.1, -0.05) is 30.3 Å². The molecule has 2 aromatic carbocycles. The van der Waals surface area contributed by atoms with Crippen LogP contribution < -0.4 is 15.8 Å². The zero-order valence-electron chi connectivity index (χ0n) is 13.7. The molecule has 0 fully saturated rings. The Balaban J connectivity index is 1.91. The molecule has 132 valence electrons. The predicted molar refractivity (Wildman–Crippen MR) is 89.1 cm³/mol. The molecule has 0 radical (unpaired) electrons. The molecule has 0 unspecified atom stereocenters. The smallest absolute Gasteiger partial charge is 0.246 e. The number of benzene rings is 2. The second-order valence-corrected chi connectivity index (χ2v) is 5.27. The Morgan fingerprint density at radius 1 is 1.20 bits per heavy atom. The highest BCUT2D eigenvalue weighted by Crippen LogP contribution is 2.16. The predicted octanol–water partition coefficient (Wildman–Crippen LogP) is 1.69. The van der Waals surface area contributed by atoms with Gasteiger partial charge in [-0.25, -0.2) is 4.39 Å². The number of nitrogens with one attached hydrogen (secondary N) is 1. The molecule has 3 N–H and O–H groups in total. The Bertz CT molecular complexity index is 751. The molecule has 0 spiro atoms. The van der Waals surface area contributed by atoms with Crippen LogP contribution in [0.1, 0.15) is 17.2 Å². The van der Waals surface area contributed by atoms with E-state index in [0.29, 0.717) is 5.75 Å². The Hall–Kier alpha value is -2.93. The fraction of sp³-hybridized carbons (Fsp3) is 0.222. The van der Waals surface area contributed by atoms with Crippen molar-refractivity contribution in [2.45, 2.75) is 12.6 Å². The van der Waals surface area contributed by atoms with Crippen LogP contribution >= 0.6 is 0 Å². The minimum absolute atomic E-state index is 0.0103. The minimum atomic E-state index is -1.26. The highest BCUT2D eigenvalue weighted by atomic mass is 19.1. The van der Waals surface area contributed by atoms with E-state index in [0.717, 1.165) is 5.56 Å². The number of nitrogens with two attached hydrogens (primary N) is 1. The van der Waals surface area contributed by atoms with Gasteiger partial charge in [0.25, 0.3) is 0 Å². The average molecular weight is 346 g/mol. The third-order valence-electron chi connectivity index (χ3n) is 3.44. The average Bonchev–Trinajstić information content (AvgIpc) is 2.60. The SMILES string of the molecule is COc1cccc(COCC(=O)N[C@@H](C(N)=O)c2ccccc2F)c1. The van der Waals surface area contributed by atoms with Crippen LogP contribution in [0.4, 0.5) is 4.39 Å². The number of hydrogen-bond donors (Lipinski definition) is 2. The topological polar surface area (TPSA) is 90.7 Å². The number of amides is 2. The van der Waals surface area contributed by atoms with E-state index in [1.165, 1.54) is 18.2 Å². The standard InChI is InChI=1S/C18H19FN2O4/c1-24-13-6-4-5-12(9-13)10-25-11-16(22)21-17(18(20)23)14-7-2-3-8-15(14)19/h2-9,17H,10-11H2,1H3,(H2,20,23)(H,21,22)/t17-/m1/s1. The summed E-state index contributed by atoms with van der Waals surface area (Å²) < 4.78 is 24.2. The van der Waals surface area contributed by atoms with Crippen molar-refractivity contribution in [2.75, 3.05) is 13.7 Å². The third kappa shape index (κ3) is 5.29. The van der Waals surface area contributed by atoms with Gasteiger partial charge in [-0.15, -0.1) is 0 Å². The largest absolute Gasteiger partial charge is 0.497 e. The normalized spacial score (nSPS) is 11.6. The van der Waals surface area contributed by atoms with Crippen LogP contribution in [0.15, 0.2) is 48.5 Å². The summed E-state index contributed by atoms with van der Waals surface area (Å²) in [5, 5.41) is 2.38. The van der Waals surface area contributed by atoms with Gasteiger partial charge in [-0.2, -0.15) is 0 Å². The second kappa shape index (κ2) is 8.79. The van der Waals surface area contributed by atoms with Crippen LogP contribution in [0.25, 0.3) is 0 Å². The molecule has 25 heavy (non-hydrogen) atoms. The molecule has 0 aliphatic heterocycles. The maximum absolute atomic E-state index is 13.8. The zero-order chi connectivity index (χ0) is 18.2. The van der Waals surface area contributed by atoms with Gasteiger partial charge < -0.3 is 20.5 Å². The highest BCUT2D eigenvalue weighted by Gasteiger charge is 2.23. The maximum Gasteiger partial charge on any atom is 0.246 e. The highest BCUT2D eigenvalue weighted by molar-refractivity contribution is 5.88. The number of carbonyl (C=O) groups excluding carboxylic acids is 2. The molecule has 2 aromatic rings. The van der Waals surface area contributed by atoms with E-state index in [-0.39, 0.29) is 18.8 Å². The van der Waals surface area contributed by atoms with Crippen molar-refractivity contribution in [3.63, 3.8) is 0 Å². The Morgan fingerprint density at radius 2 is 1.96 bits per heavy atom. The lowest BCUT2D eigenvalue weighted by Crippen LogP contribution is -2.39. The quantitative estimate of drug-likeness (QED) is 0.761. The monoisotopic (exact) mass is 346 g/mol. The van der Waals surface area contributed by atoms with E-state index < -0.39 is 23.7 Å². The summed E-state index contributed by atoms with van der Waals surface area (Å²) in [5.74, 6) is -1.37. The fourth-order valence-corrected chi connectivity index (χ4v) is 2.24. The van der Waals surface area contributed by atoms with E-state index in [1.807, 2.05) is 6.07 Å². The van der Waals surface area contributed by atoms with Gasteiger partial charge in [0, 0.05) is 5.56 Å². The summed E-state index contributed by atoms with van der Waals surface area (Å²) in [6.45, 7) is -0.110. The summed E-state index contributed by atoms with van der Waals surface area (Å²) in [5.41, 5.74) is 6.10. The van der Waals surface area contributed by atoms with Gasteiger partial charge >= 0.3 is 0 Å². The van der Waals surface area contributed by atoms with Crippen molar-refractivity contribution in [2.24, 2.45) is 5.73 Å². The zero-order valence-corrected chi connectivity index (χ0v) is 13.7. The van der Waals surface area contributed by atoms with Gasteiger partial charge in [0.1, 0.15) is 24.2 Å². The van der Waals surface area contributed by atoms with Crippen LogP contribution in [0.2, 0.25) is 0 Å². The fourth-order valence-electron chi connectivity index (χ4n) is 2.24. The van der Waals surface area contributed by atoms with Gasteiger partial charge in [0.15, 0.2) is 0 Å². The number of primary amides is 1. The molecule has 0 aliphatic carbocycles. The molecular formula is C18H19FN2O4. The maximum atomic E-state index is 13.8. The minimum Gasteiger partial charge on any atom is -0.497 e. The summed E-state index contributed by atoms with van der Waals surface area (Å²) in [7, 11) is 1.56. The Labute approximate surface area is 144 Å². The van der Waals surface area contributed by atoms with Crippen molar-refractivity contribution in [1.82, 2.24) is 5.32 Å². The molecule has 6 nitrogen and oxygen atoms in total. The Kier molecular flexibility index (Phi) is 6.47. The van der Waals surface area contributed by atoms with Crippen molar-refractivity contribution in [3.05, 3.63) is 65.5 Å². The lowest BCUT2D eigenvalue weighted by atomic mass is 10.1. The lowest BCUT2D eigenvalue weighted by Gasteiger charge is -2.16. The number of hydrogen-bond acceptors (Lipinski definition) is 4. The number of rotatable bonds is 8. The molecule has 0 bridgehead atoms. The van der Waals surface area contributed by atoms with Crippen LogP contribution in [-0.2, 0) is 20.9 Å². The van der Waals surface area contributed by atoms with Crippen LogP contribution in [0.3, 0.4) is 0 Å². The van der Waals surface area contributed by atoms with Crippen molar-refractivity contribution < 1.29 is 23.5 Å². The number of halogens is 1. The van der Waals surface area contributed by atoms with Crippen LogP contribution in [0, 0.1) is 5.82 Å². The molecule has 0 saturated heterocycles. The lowest BCUT2D eigenvalue weighted by molar-refractivity contribution is -0.130. The van der Waals surface area contributed by atoms with Crippen molar-refractivity contribution >= 4 is 11.8 Å². The summed E-state index contributed by atoms with van der Waals surface area (Å²) in [6.07, 6.45) is 0. The van der Waals surface area contributed by atoms with E-state index in [9.17, 15) is 14.0 Å².